The highest BCUT2D eigenvalue weighted by Gasteiger charge is 1.96. The van der Waals surface area contributed by atoms with Gasteiger partial charge >= 0.3 is 0 Å². The van der Waals surface area contributed by atoms with Gasteiger partial charge in [-0.15, -0.1) is 0 Å². The van der Waals surface area contributed by atoms with Crippen molar-refractivity contribution in [1.82, 2.24) is 9.97 Å². The average Bonchev–Trinajstić information content (AvgIpc) is 2.21. The first-order chi connectivity index (χ1) is 6.83. The number of rotatable bonds is 6. The second-order valence-corrected chi connectivity index (χ2v) is 3.31. The standard InChI is InChI=1S/C10H17N3O/c11-6-4-2-1-3-5-10-12-7-9(14)8-13-10/h7-8,14H,1-6,11H2. The van der Waals surface area contributed by atoms with Crippen LogP contribution in [0.3, 0.4) is 0 Å². The second kappa shape index (κ2) is 6.32. The molecule has 0 amide bonds. The molecule has 0 fully saturated rings. The van der Waals surface area contributed by atoms with Gasteiger partial charge in [-0.3, -0.25) is 0 Å². The highest BCUT2D eigenvalue weighted by atomic mass is 16.3. The van der Waals surface area contributed by atoms with Crippen molar-refractivity contribution in [3.63, 3.8) is 0 Å². The van der Waals surface area contributed by atoms with Crippen molar-refractivity contribution in [1.29, 1.82) is 0 Å². The van der Waals surface area contributed by atoms with Crippen molar-refractivity contribution in [3.8, 4) is 5.75 Å². The van der Waals surface area contributed by atoms with Gasteiger partial charge in [-0.25, -0.2) is 9.97 Å². The number of aromatic nitrogens is 2. The number of nitrogens with two attached hydrogens (primary N) is 1. The highest BCUT2D eigenvalue weighted by molar-refractivity contribution is 5.09. The van der Waals surface area contributed by atoms with Gasteiger partial charge in [0, 0.05) is 6.42 Å². The summed E-state index contributed by atoms with van der Waals surface area (Å²) in [5.41, 5.74) is 5.39. The minimum absolute atomic E-state index is 0.122. The summed E-state index contributed by atoms with van der Waals surface area (Å²) in [6, 6.07) is 0. The molecular formula is C10H17N3O. The molecule has 1 aromatic rings. The predicted molar refractivity (Wildman–Crippen MR) is 54.9 cm³/mol. The Morgan fingerprint density at radius 3 is 2.36 bits per heavy atom. The molecular weight excluding hydrogens is 178 g/mol. The molecule has 1 heterocycles. The summed E-state index contributed by atoms with van der Waals surface area (Å²) in [4.78, 5) is 8.02. The first-order valence-electron chi connectivity index (χ1n) is 5.03. The quantitative estimate of drug-likeness (QED) is 0.670. The van der Waals surface area contributed by atoms with Gasteiger partial charge in [0.2, 0.25) is 0 Å². The van der Waals surface area contributed by atoms with Gasteiger partial charge in [0.05, 0.1) is 12.4 Å². The van der Waals surface area contributed by atoms with Crippen LogP contribution in [0.5, 0.6) is 5.75 Å². The minimum atomic E-state index is 0.122. The lowest BCUT2D eigenvalue weighted by Crippen LogP contribution is -1.98. The summed E-state index contributed by atoms with van der Waals surface area (Å²) >= 11 is 0. The summed E-state index contributed by atoms with van der Waals surface area (Å²) < 4.78 is 0. The van der Waals surface area contributed by atoms with E-state index in [1.54, 1.807) is 0 Å². The van der Waals surface area contributed by atoms with E-state index in [-0.39, 0.29) is 5.75 Å². The zero-order chi connectivity index (χ0) is 10.2. The number of aromatic hydroxyl groups is 1. The van der Waals surface area contributed by atoms with Crippen molar-refractivity contribution >= 4 is 0 Å². The maximum atomic E-state index is 8.96. The molecule has 0 bridgehead atoms. The lowest BCUT2D eigenvalue weighted by molar-refractivity contribution is 0.468. The van der Waals surface area contributed by atoms with Gasteiger partial charge in [-0.05, 0) is 19.4 Å². The van der Waals surface area contributed by atoms with Crippen LogP contribution in [0.1, 0.15) is 31.5 Å². The van der Waals surface area contributed by atoms with E-state index in [9.17, 15) is 0 Å². The van der Waals surface area contributed by atoms with Crippen LogP contribution in [0.2, 0.25) is 0 Å². The number of aryl methyl sites for hydroxylation is 1. The average molecular weight is 195 g/mol. The molecule has 0 spiro atoms. The van der Waals surface area contributed by atoms with Crippen LogP contribution in [0, 0.1) is 0 Å². The first kappa shape index (κ1) is 10.9. The zero-order valence-corrected chi connectivity index (χ0v) is 8.32. The van der Waals surface area contributed by atoms with Crippen molar-refractivity contribution in [3.05, 3.63) is 18.2 Å². The van der Waals surface area contributed by atoms with E-state index in [0.29, 0.717) is 0 Å². The third-order valence-corrected chi connectivity index (χ3v) is 2.05. The Balaban J connectivity index is 2.15. The van der Waals surface area contributed by atoms with Crippen LogP contribution in [-0.2, 0) is 6.42 Å². The molecule has 4 heteroatoms. The molecule has 14 heavy (non-hydrogen) atoms. The molecule has 1 aromatic heterocycles. The third-order valence-electron chi connectivity index (χ3n) is 2.05. The maximum absolute atomic E-state index is 8.96. The fraction of sp³-hybridized carbons (Fsp3) is 0.600. The molecule has 0 saturated heterocycles. The Kier molecular flexibility index (Phi) is 4.93. The molecule has 0 radical (unpaired) electrons. The molecule has 0 atom stereocenters. The fourth-order valence-corrected chi connectivity index (χ4v) is 1.26. The largest absolute Gasteiger partial charge is 0.505 e. The molecule has 4 nitrogen and oxygen atoms in total. The van der Waals surface area contributed by atoms with Crippen molar-refractivity contribution in [2.24, 2.45) is 5.73 Å². The van der Waals surface area contributed by atoms with E-state index >= 15 is 0 Å². The third kappa shape index (κ3) is 4.18. The lowest BCUT2D eigenvalue weighted by Gasteiger charge is -1.99. The van der Waals surface area contributed by atoms with E-state index in [2.05, 4.69) is 9.97 Å². The van der Waals surface area contributed by atoms with Gasteiger partial charge < -0.3 is 10.8 Å². The van der Waals surface area contributed by atoms with E-state index in [1.807, 2.05) is 0 Å². The number of nitrogens with zero attached hydrogens (tertiary/aromatic N) is 2. The Bertz CT molecular complexity index is 248. The van der Waals surface area contributed by atoms with Gasteiger partial charge in [0.15, 0.2) is 5.75 Å². The van der Waals surface area contributed by atoms with Gasteiger partial charge in [-0.2, -0.15) is 0 Å². The monoisotopic (exact) mass is 195 g/mol. The van der Waals surface area contributed by atoms with Crippen molar-refractivity contribution in [2.45, 2.75) is 32.1 Å². The maximum Gasteiger partial charge on any atom is 0.152 e. The summed E-state index contributed by atoms with van der Waals surface area (Å²) in [5, 5.41) is 8.96. The normalized spacial score (nSPS) is 10.4. The van der Waals surface area contributed by atoms with E-state index in [1.165, 1.54) is 25.2 Å². The Morgan fingerprint density at radius 2 is 1.71 bits per heavy atom. The van der Waals surface area contributed by atoms with Crippen LogP contribution < -0.4 is 5.73 Å². The highest BCUT2D eigenvalue weighted by Crippen LogP contribution is 2.06. The summed E-state index contributed by atoms with van der Waals surface area (Å²) in [5.74, 6) is 0.924. The van der Waals surface area contributed by atoms with Crippen molar-refractivity contribution in [2.75, 3.05) is 6.54 Å². The minimum Gasteiger partial charge on any atom is -0.505 e. The Morgan fingerprint density at radius 1 is 1.07 bits per heavy atom. The molecule has 0 unspecified atom stereocenters. The summed E-state index contributed by atoms with van der Waals surface area (Å²) in [6.07, 6.45) is 8.27. The molecule has 78 valence electrons. The summed E-state index contributed by atoms with van der Waals surface area (Å²) in [7, 11) is 0. The van der Waals surface area contributed by atoms with E-state index < -0.39 is 0 Å². The van der Waals surface area contributed by atoms with Gasteiger partial charge in [0.1, 0.15) is 5.82 Å². The molecule has 1 rings (SSSR count). The van der Waals surface area contributed by atoms with Crippen LogP contribution in [0.25, 0.3) is 0 Å². The Labute approximate surface area is 84.2 Å². The number of unbranched alkanes of at least 4 members (excludes halogenated alkanes) is 3. The SMILES string of the molecule is NCCCCCCc1ncc(O)cn1. The van der Waals surface area contributed by atoms with Gasteiger partial charge in [-0.1, -0.05) is 12.8 Å². The molecule has 0 aliphatic carbocycles. The predicted octanol–water partition coefficient (Wildman–Crippen LogP) is 1.24. The molecule has 0 aromatic carbocycles. The number of hydrogen-bond donors (Lipinski definition) is 2. The second-order valence-electron chi connectivity index (χ2n) is 3.31. The van der Waals surface area contributed by atoms with Gasteiger partial charge in [0.25, 0.3) is 0 Å². The van der Waals surface area contributed by atoms with Crippen LogP contribution >= 0.6 is 0 Å². The van der Waals surface area contributed by atoms with Crippen LogP contribution in [0.4, 0.5) is 0 Å². The topological polar surface area (TPSA) is 72.0 Å². The van der Waals surface area contributed by atoms with Crippen LogP contribution in [0.15, 0.2) is 12.4 Å². The first-order valence-corrected chi connectivity index (χ1v) is 5.03. The molecule has 0 aliphatic rings. The fourth-order valence-electron chi connectivity index (χ4n) is 1.26. The van der Waals surface area contributed by atoms with E-state index in [0.717, 1.165) is 31.6 Å². The molecule has 3 N–H and O–H groups in total. The zero-order valence-electron chi connectivity index (χ0n) is 8.32. The van der Waals surface area contributed by atoms with E-state index in [4.69, 9.17) is 10.8 Å². The smallest absolute Gasteiger partial charge is 0.152 e. The number of hydrogen-bond acceptors (Lipinski definition) is 4. The molecule has 0 saturated carbocycles. The summed E-state index contributed by atoms with van der Waals surface area (Å²) in [6.45, 7) is 0.774. The lowest BCUT2D eigenvalue weighted by atomic mass is 10.1. The van der Waals surface area contributed by atoms with Crippen molar-refractivity contribution < 1.29 is 5.11 Å². The Hall–Kier alpha value is -1.16. The molecule has 0 aliphatic heterocycles. The van der Waals surface area contributed by atoms with Crippen LogP contribution in [-0.4, -0.2) is 21.6 Å².